The van der Waals surface area contributed by atoms with Crippen LogP contribution >= 0.6 is 15.9 Å². The maximum atomic E-state index is 10.3. The normalized spacial score (nSPS) is 35.2. The molecule has 0 saturated carbocycles. The van der Waals surface area contributed by atoms with Gasteiger partial charge in [0.2, 0.25) is 0 Å². The zero-order valence-electron chi connectivity index (χ0n) is 10.3. The van der Waals surface area contributed by atoms with Crippen LogP contribution in [0.2, 0.25) is 0 Å². The molecule has 3 aliphatic rings. The SMILES string of the molecule is OC1C2CCN(CC2)C1C=Cc1ccc(Br)cc1. The van der Waals surface area contributed by atoms with E-state index in [2.05, 4.69) is 45.1 Å². The quantitative estimate of drug-likeness (QED) is 0.908. The van der Waals surface area contributed by atoms with E-state index in [1.54, 1.807) is 0 Å². The van der Waals surface area contributed by atoms with Gasteiger partial charge in [0, 0.05) is 4.47 Å². The highest BCUT2D eigenvalue weighted by atomic mass is 79.9. The zero-order valence-corrected chi connectivity index (χ0v) is 11.9. The Balaban J connectivity index is 1.74. The van der Waals surface area contributed by atoms with Crippen molar-refractivity contribution < 1.29 is 5.11 Å². The molecule has 96 valence electrons. The predicted octanol–water partition coefficient (Wildman–Crippen LogP) is 2.92. The Kier molecular flexibility index (Phi) is 3.55. The van der Waals surface area contributed by atoms with Crippen molar-refractivity contribution in [3.63, 3.8) is 0 Å². The van der Waals surface area contributed by atoms with Crippen LogP contribution in [-0.4, -0.2) is 35.2 Å². The van der Waals surface area contributed by atoms with Crippen LogP contribution in [-0.2, 0) is 0 Å². The lowest BCUT2D eigenvalue weighted by molar-refractivity contribution is -0.0533. The molecule has 1 N–H and O–H groups in total. The Labute approximate surface area is 116 Å². The minimum Gasteiger partial charge on any atom is -0.391 e. The van der Waals surface area contributed by atoms with Crippen molar-refractivity contribution in [1.29, 1.82) is 0 Å². The lowest BCUT2D eigenvalue weighted by Crippen LogP contribution is -2.56. The molecule has 2 unspecified atom stereocenters. The first-order chi connectivity index (χ1) is 8.74. The second-order valence-electron chi connectivity index (χ2n) is 5.27. The van der Waals surface area contributed by atoms with E-state index in [0.717, 1.165) is 30.4 Å². The molecule has 0 radical (unpaired) electrons. The third kappa shape index (κ3) is 2.40. The average Bonchev–Trinajstić information content (AvgIpc) is 2.41. The van der Waals surface area contributed by atoms with Crippen molar-refractivity contribution in [2.75, 3.05) is 13.1 Å². The largest absolute Gasteiger partial charge is 0.391 e. The maximum Gasteiger partial charge on any atom is 0.0760 e. The Morgan fingerprint density at radius 3 is 2.44 bits per heavy atom. The maximum absolute atomic E-state index is 10.3. The highest BCUT2D eigenvalue weighted by Crippen LogP contribution is 2.33. The van der Waals surface area contributed by atoms with E-state index in [1.165, 1.54) is 5.56 Å². The van der Waals surface area contributed by atoms with E-state index >= 15 is 0 Å². The Hall–Kier alpha value is -0.640. The molecule has 3 saturated heterocycles. The highest BCUT2D eigenvalue weighted by Gasteiger charge is 2.39. The van der Waals surface area contributed by atoms with Gasteiger partial charge >= 0.3 is 0 Å². The first-order valence-electron chi connectivity index (χ1n) is 6.60. The van der Waals surface area contributed by atoms with Crippen molar-refractivity contribution >= 4 is 22.0 Å². The van der Waals surface area contributed by atoms with Crippen LogP contribution < -0.4 is 0 Å². The summed E-state index contributed by atoms with van der Waals surface area (Å²) in [4.78, 5) is 2.40. The second-order valence-corrected chi connectivity index (χ2v) is 6.18. The van der Waals surface area contributed by atoms with Gasteiger partial charge in [-0.2, -0.15) is 0 Å². The molecule has 0 amide bonds. The number of halogens is 1. The summed E-state index contributed by atoms with van der Waals surface area (Å²) < 4.78 is 1.10. The van der Waals surface area contributed by atoms with Gasteiger partial charge < -0.3 is 5.11 Å². The summed E-state index contributed by atoms with van der Waals surface area (Å²) in [5, 5.41) is 10.3. The number of aliphatic hydroxyl groups is 1. The smallest absolute Gasteiger partial charge is 0.0760 e. The number of piperidine rings is 3. The van der Waals surface area contributed by atoms with Gasteiger partial charge in [0.05, 0.1) is 12.1 Å². The molecule has 0 aliphatic carbocycles. The number of nitrogens with zero attached hydrogens (tertiary/aromatic N) is 1. The fraction of sp³-hybridized carbons (Fsp3) is 0.467. The van der Waals surface area contributed by atoms with Gasteiger partial charge in [0.1, 0.15) is 0 Å². The third-order valence-electron chi connectivity index (χ3n) is 4.18. The van der Waals surface area contributed by atoms with Crippen molar-refractivity contribution in [3.05, 3.63) is 40.4 Å². The first kappa shape index (κ1) is 12.4. The highest BCUT2D eigenvalue weighted by molar-refractivity contribution is 9.10. The molecule has 1 aromatic rings. The summed E-state index contributed by atoms with van der Waals surface area (Å²) in [6.07, 6.45) is 6.42. The molecule has 2 bridgehead atoms. The van der Waals surface area contributed by atoms with Crippen LogP contribution in [0.15, 0.2) is 34.8 Å². The van der Waals surface area contributed by atoms with E-state index in [0.29, 0.717) is 5.92 Å². The topological polar surface area (TPSA) is 23.5 Å². The number of aliphatic hydroxyl groups excluding tert-OH is 1. The van der Waals surface area contributed by atoms with E-state index in [9.17, 15) is 5.11 Å². The van der Waals surface area contributed by atoms with Gasteiger partial charge in [-0.25, -0.2) is 0 Å². The molecule has 3 fully saturated rings. The number of fused-ring (bicyclic) bond motifs is 3. The molecule has 2 nitrogen and oxygen atoms in total. The number of rotatable bonds is 2. The van der Waals surface area contributed by atoms with E-state index in [4.69, 9.17) is 0 Å². The van der Waals surface area contributed by atoms with Crippen LogP contribution in [0.3, 0.4) is 0 Å². The Morgan fingerprint density at radius 1 is 1.17 bits per heavy atom. The predicted molar refractivity (Wildman–Crippen MR) is 77.3 cm³/mol. The van der Waals surface area contributed by atoms with Crippen LogP contribution in [0.1, 0.15) is 18.4 Å². The summed E-state index contributed by atoms with van der Waals surface area (Å²) in [7, 11) is 0. The number of hydrogen-bond acceptors (Lipinski definition) is 2. The minimum atomic E-state index is -0.181. The first-order valence-corrected chi connectivity index (χ1v) is 7.39. The monoisotopic (exact) mass is 307 g/mol. The van der Waals surface area contributed by atoms with Gasteiger partial charge in [-0.1, -0.05) is 40.2 Å². The molecule has 0 spiro atoms. The number of benzene rings is 1. The van der Waals surface area contributed by atoms with Gasteiger partial charge in [-0.3, -0.25) is 4.90 Å². The zero-order chi connectivity index (χ0) is 12.5. The molecule has 3 heteroatoms. The molecule has 3 heterocycles. The third-order valence-corrected chi connectivity index (χ3v) is 4.71. The van der Waals surface area contributed by atoms with Gasteiger partial charge in [-0.05, 0) is 49.5 Å². The van der Waals surface area contributed by atoms with Gasteiger partial charge in [-0.15, -0.1) is 0 Å². The second kappa shape index (κ2) is 5.16. The lowest BCUT2D eigenvalue weighted by Gasteiger charge is -2.47. The average molecular weight is 308 g/mol. The molecular formula is C15H18BrNO. The van der Waals surface area contributed by atoms with Crippen molar-refractivity contribution in [2.24, 2.45) is 5.92 Å². The summed E-state index contributed by atoms with van der Waals surface area (Å²) >= 11 is 3.44. The molecule has 0 aromatic heterocycles. The summed E-state index contributed by atoms with van der Waals surface area (Å²) in [5.74, 6) is 0.509. The van der Waals surface area contributed by atoms with Crippen LogP contribution in [0.4, 0.5) is 0 Å². The van der Waals surface area contributed by atoms with Gasteiger partial charge in [0.25, 0.3) is 0 Å². The van der Waals surface area contributed by atoms with Crippen molar-refractivity contribution in [2.45, 2.75) is 25.0 Å². The van der Waals surface area contributed by atoms with E-state index in [-0.39, 0.29) is 12.1 Å². The molecule has 18 heavy (non-hydrogen) atoms. The summed E-state index contributed by atoms with van der Waals surface area (Å²) in [6, 6.07) is 8.47. The Bertz CT molecular complexity index is 432. The fourth-order valence-electron chi connectivity index (χ4n) is 3.07. The summed E-state index contributed by atoms with van der Waals surface area (Å²) in [6.45, 7) is 2.27. The van der Waals surface area contributed by atoms with E-state index < -0.39 is 0 Å². The van der Waals surface area contributed by atoms with Crippen molar-refractivity contribution in [3.8, 4) is 0 Å². The molecular weight excluding hydrogens is 290 g/mol. The van der Waals surface area contributed by atoms with Crippen molar-refractivity contribution in [1.82, 2.24) is 4.90 Å². The standard InChI is InChI=1S/C15H18BrNO/c16-13-4-1-11(2-5-13)3-6-14-15(18)12-7-9-17(14)10-8-12/h1-6,12,14-15,18H,7-10H2. The van der Waals surface area contributed by atoms with Gasteiger partial charge in [0.15, 0.2) is 0 Å². The summed E-state index contributed by atoms with van der Waals surface area (Å²) in [5.41, 5.74) is 1.19. The minimum absolute atomic E-state index is 0.181. The molecule has 3 aliphatic heterocycles. The molecule has 1 aromatic carbocycles. The lowest BCUT2D eigenvalue weighted by atomic mass is 9.80. The molecule has 4 rings (SSSR count). The van der Waals surface area contributed by atoms with Crippen LogP contribution in [0.25, 0.3) is 6.08 Å². The number of hydrogen-bond donors (Lipinski definition) is 1. The van der Waals surface area contributed by atoms with Crippen LogP contribution in [0.5, 0.6) is 0 Å². The fourth-order valence-corrected chi connectivity index (χ4v) is 3.34. The van der Waals surface area contributed by atoms with Crippen LogP contribution in [0, 0.1) is 5.92 Å². The van der Waals surface area contributed by atoms with E-state index in [1.807, 2.05) is 12.1 Å². The Morgan fingerprint density at radius 2 is 1.83 bits per heavy atom. The molecule has 2 atom stereocenters.